The Hall–Kier alpha value is -3.62. The van der Waals surface area contributed by atoms with E-state index in [1.165, 1.54) is 32.9 Å². The Balaban J connectivity index is 1.75. The second-order valence-electron chi connectivity index (χ2n) is 10.9. The van der Waals surface area contributed by atoms with E-state index in [2.05, 4.69) is 106 Å². The number of nitrogens with zero attached hydrogens (tertiary/aromatic N) is 2. The quantitative estimate of drug-likeness (QED) is 0.288. The van der Waals surface area contributed by atoms with Gasteiger partial charge >= 0.3 is 0 Å². The molecule has 0 aromatic heterocycles. The molecule has 4 atom stereocenters. The van der Waals surface area contributed by atoms with Gasteiger partial charge in [-0.05, 0) is 56.0 Å². The first kappa shape index (κ1) is 18.9. The van der Waals surface area contributed by atoms with Crippen LogP contribution in [0.5, 0.6) is 0 Å². The van der Waals surface area contributed by atoms with E-state index >= 15 is 0 Å². The van der Waals surface area contributed by atoms with Crippen LogP contribution in [-0.2, 0) is 10.8 Å². The lowest BCUT2D eigenvalue weighted by molar-refractivity contribution is 0.208. The fourth-order valence-corrected chi connectivity index (χ4v) is 7.77. The molecule has 4 aliphatic rings. The molecule has 0 aliphatic heterocycles. The van der Waals surface area contributed by atoms with Crippen LogP contribution in [0.25, 0.3) is 21.5 Å². The average molecular weight is 425 g/mol. The van der Waals surface area contributed by atoms with Gasteiger partial charge in [-0.1, -0.05) is 99.2 Å². The standard InChI is InChI=1S/C31H24N2/c1-19-12-13-31-26-23-11-7-5-9-21(23)20-8-4-6-10-22(20)25(26)29(31,17-32)14-15-30(18-33)27(31)24(19)16-28(30,2)3/h4-15,19H,16H2,1-3H3/t19-,29+,30-,31-/m1/s1. The van der Waals surface area contributed by atoms with Crippen molar-refractivity contribution in [1.29, 1.82) is 10.5 Å². The lowest BCUT2D eigenvalue weighted by Gasteiger charge is -2.62. The zero-order valence-corrected chi connectivity index (χ0v) is 19.1. The highest BCUT2D eigenvalue weighted by Gasteiger charge is 2.74. The zero-order valence-electron chi connectivity index (χ0n) is 19.1. The minimum Gasteiger partial charge on any atom is -0.197 e. The maximum atomic E-state index is 10.9. The van der Waals surface area contributed by atoms with Crippen molar-refractivity contribution in [1.82, 2.24) is 0 Å². The summed E-state index contributed by atoms with van der Waals surface area (Å²) in [5.41, 5.74) is 2.58. The third-order valence-electron chi connectivity index (χ3n) is 9.27. The van der Waals surface area contributed by atoms with E-state index in [4.69, 9.17) is 0 Å². The minimum atomic E-state index is -0.802. The molecule has 3 aromatic rings. The topological polar surface area (TPSA) is 47.6 Å². The molecule has 0 saturated carbocycles. The number of rotatable bonds is 0. The SMILES string of the molecule is C[C@@H]1C=C[C@@]23C4=C1CC(C)(C)[C@@]4(C#N)C=C[C@]2(C#N)c1c3c2ccccc2c2ccccc12. The summed E-state index contributed by atoms with van der Waals surface area (Å²) >= 11 is 0. The van der Waals surface area contributed by atoms with E-state index in [0.717, 1.165) is 17.4 Å². The van der Waals surface area contributed by atoms with Crippen LogP contribution in [0.1, 0.15) is 38.3 Å². The molecule has 2 heteroatoms. The fraction of sp³-hybridized carbons (Fsp3) is 0.290. The van der Waals surface area contributed by atoms with Crippen molar-refractivity contribution in [2.45, 2.75) is 38.0 Å². The lowest BCUT2D eigenvalue weighted by Crippen LogP contribution is -2.62. The van der Waals surface area contributed by atoms with Crippen LogP contribution in [0.2, 0.25) is 0 Å². The number of benzene rings is 3. The van der Waals surface area contributed by atoms with Gasteiger partial charge < -0.3 is 0 Å². The predicted molar refractivity (Wildman–Crippen MR) is 131 cm³/mol. The second kappa shape index (κ2) is 5.47. The van der Waals surface area contributed by atoms with E-state index in [-0.39, 0.29) is 11.3 Å². The molecule has 33 heavy (non-hydrogen) atoms. The van der Waals surface area contributed by atoms with E-state index in [0.29, 0.717) is 0 Å². The first-order valence-electron chi connectivity index (χ1n) is 11.8. The molecule has 0 heterocycles. The van der Waals surface area contributed by atoms with Gasteiger partial charge in [0, 0.05) is 0 Å². The molecule has 3 aromatic carbocycles. The van der Waals surface area contributed by atoms with Gasteiger partial charge in [-0.2, -0.15) is 10.5 Å². The van der Waals surface area contributed by atoms with Crippen LogP contribution in [0.4, 0.5) is 0 Å². The second-order valence-corrected chi connectivity index (χ2v) is 10.9. The monoisotopic (exact) mass is 424 g/mol. The van der Waals surface area contributed by atoms with Crippen molar-refractivity contribution in [2.24, 2.45) is 16.7 Å². The van der Waals surface area contributed by atoms with Crippen molar-refractivity contribution in [3.63, 3.8) is 0 Å². The van der Waals surface area contributed by atoms with E-state index in [1.54, 1.807) is 0 Å². The summed E-state index contributed by atoms with van der Waals surface area (Å²) in [7, 11) is 0. The molecular weight excluding hydrogens is 400 g/mol. The van der Waals surface area contributed by atoms with Gasteiger partial charge in [0.05, 0.1) is 17.6 Å². The van der Waals surface area contributed by atoms with E-state index in [1.807, 2.05) is 0 Å². The Morgan fingerprint density at radius 3 is 1.91 bits per heavy atom. The molecule has 0 fully saturated rings. The summed E-state index contributed by atoms with van der Waals surface area (Å²) in [5, 5.41) is 26.4. The molecule has 1 spiro atoms. The summed E-state index contributed by atoms with van der Waals surface area (Å²) in [6, 6.07) is 22.6. The molecule has 2 nitrogen and oxygen atoms in total. The molecule has 7 rings (SSSR count). The van der Waals surface area contributed by atoms with Crippen LogP contribution in [0.15, 0.2) is 84.0 Å². The Bertz CT molecular complexity index is 1620. The summed E-state index contributed by atoms with van der Waals surface area (Å²) in [5.74, 6) is 0.277. The van der Waals surface area contributed by atoms with Gasteiger partial charge in [0.25, 0.3) is 0 Å². The normalized spacial score (nSPS) is 34.3. The molecule has 4 aliphatic carbocycles. The lowest BCUT2D eigenvalue weighted by atomic mass is 9.36. The molecule has 158 valence electrons. The van der Waals surface area contributed by atoms with Gasteiger partial charge in [0.15, 0.2) is 0 Å². The number of allylic oxidation sites excluding steroid dienone is 6. The third kappa shape index (κ3) is 1.68. The van der Waals surface area contributed by atoms with Gasteiger partial charge in [-0.25, -0.2) is 0 Å². The van der Waals surface area contributed by atoms with Crippen LogP contribution in [0.3, 0.4) is 0 Å². The number of hydrogen-bond donors (Lipinski definition) is 0. The minimum absolute atomic E-state index is 0.222. The van der Waals surface area contributed by atoms with Crippen LogP contribution >= 0.6 is 0 Å². The Kier molecular flexibility index (Phi) is 3.13. The average Bonchev–Trinajstić information content (AvgIpc) is 3.07. The van der Waals surface area contributed by atoms with E-state index in [9.17, 15) is 10.5 Å². The van der Waals surface area contributed by atoms with Crippen molar-refractivity contribution < 1.29 is 0 Å². The molecule has 0 radical (unpaired) electrons. The maximum absolute atomic E-state index is 10.9. The van der Waals surface area contributed by atoms with Crippen molar-refractivity contribution in [3.8, 4) is 12.1 Å². The van der Waals surface area contributed by atoms with Crippen LogP contribution in [-0.4, -0.2) is 0 Å². The van der Waals surface area contributed by atoms with Crippen LogP contribution < -0.4 is 0 Å². The van der Waals surface area contributed by atoms with Crippen molar-refractivity contribution in [3.05, 3.63) is 95.1 Å². The van der Waals surface area contributed by atoms with Crippen molar-refractivity contribution >= 4 is 21.5 Å². The first-order chi connectivity index (χ1) is 15.9. The molecular formula is C31H24N2. The van der Waals surface area contributed by atoms with Gasteiger partial charge in [0.1, 0.15) is 10.8 Å². The summed E-state index contributed by atoms with van der Waals surface area (Å²) < 4.78 is 0. The highest BCUT2D eigenvalue weighted by atomic mass is 14.7. The number of nitriles is 2. The summed E-state index contributed by atoms with van der Waals surface area (Å²) in [6.45, 7) is 6.67. The van der Waals surface area contributed by atoms with Gasteiger partial charge in [-0.15, -0.1) is 0 Å². The largest absolute Gasteiger partial charge is 0.197 e. The molecule has 0 saturated heterocycles. The Morgan fingerprint density at radius 2 is 1.30 bits per heavy atom. The molecule has 0 unspecified atom stereocenters. The zero-order chi connectivity index (χ0) is 22.8. The highest BCUT2D eigenvalue weighted by Crippen LogP contribution is 2.76. The van der Waals surface area contributed by atoms with Gasteiger partial charge in [-0.3, -0.25) is 0 Å². The Labute approximate surface area is 194 Å². The first-order valence-corrected chi connectivity index (χ1v) is 11.8. The predicted octanol–water partition coefficient (Wildman–Crippen LogP) is 7.02. The van der Waals surface area contributed by atoms with E-state index < -0.39 is 16.2 Å². The molecule has 0 N–H and O–H groups in total. The fourth-order valence-electron chi connectivity index (χ4n) is 7.77. The smallest absolute Gasteiger partial charge is 0.118 e. The molecule has 0 bridgehead atoms. The number of hydrogen-bond acceptors (Lipinski definition) is 2. The highest BCUT2D eigenvalue weighted by molar-refractivity contribution is 6.14. The summed E-state index contributed by atoms with van der Waals surface area (Å²) in [6.07, 6.45) is 9.65. The Morgan fingerprint density at radius 1 is 0.758 bits per heavy atom. The maximum Gasteiger partial charge on any atom is 0.118 e. The van der Waals surface area contributed by atoms with Crippen molar-refractivity contribution in [2.75, 3.05) is 0 Å². The third-order valence-corrected chi connectivity index (χ3v) is 9.27. The number of fused-ring (bicyclic) bond motifs is 7. The molecule has 0 amide bonds. The van der Waals surface area contributed by atoms with Gasteiger partial charge in [0.2, 0.25) is 0 Å². The van der Waals surface area contributed by atoms with Crippen LogP contribution in [0, 0.1) is 39.4 Å². The summed E-state index contributed by atoms with van der Waals surface area (Å²) in [4.78, 5) is 0.